The summed E-state index contributed by atoms with van der Waals surface area (Å²) in [6.45, 7) is 4.30. The zero-order valence-corrected chi connectivity index (χ0v) is 11.9. The predicted octanol–water partition coefficient (Wildman–Crippen LogP) is 2.46. The number of rotatable bonds is 4. The van der Waals surface area contributed by atoms with Crippen LogP contribution in [0, 0.1) is 5.92 Å². The molecule has 1 aliphatic rings. The molecular formula is C14H24N4O. The van der Waals surface area contributed by atoms with Crippen LogP contribution in [0.2, 0.25) is 0 Å². The van der Waals surface area contributed by atoms with Crippen LogP contribution >= 0.6 is 0 Å². The number of nitrogens with zero attached hydrogens (tertiary/aromatic N) is 2. The number of aryl methyl sites for hydroxylation is 1. The van der Waals surface area contributed by atoms with Crippen molar-refractivity contribution >= 4 is 5.91 Å². The lowest BCUT2D eigenvalue weighted by Crippen LogP contribution is -2.39. The van der Waals surface area contributed by atoms with Crippen LogP contribution in [-0.4, -0.2) is 27.1 Å². The van der Waals surface area contributed by atoms with Gasteiger partial charge in [-0.25, -0.2) is 4.98 Å². The highest BCUT2D eigenvalue weighted by molar-refractivity contribution is 5.90. The van der Waals surface area contributed by atoms with Crippen molar-refractivity contribution in [3.63, 3.8) is 0 Å². The highest BCUT2D eigenvalue weighted by Gasteiger charge is 2.23. The molecular weight excluding hydrogens is 240 g/mol. The molecule has 0 radical (unpaired) electrons. The Morgan fingerprint density at radius 2 is 2.16 bits per heavy atom. The summed E-state index contributed by atoms with van der Waals surface area (Å²) in [5.41, 5.74) is 0. The molecule has 2 atom stereocenters. The van der Waals surface area contributed by atoms with Crippen LogP contribution in [-0.2, 0) is 6.42 Å². The normalized spacial score (nSPS) is 23.9. The average molecular weight is 264 g/mol. The van der Waals surface area contributed by atoms with E-state index in [1.165, 1.54) is 25.7 Å². The van der Waals surface area contributed by atoms with Crippen molar-refractivity contribution in [3.8, 4) is 0 Å². The van der Waals surface area contributed by atoms with Crippen LogP contribution in [0.1, 0.15) is 68.8 Å². The summed E-state index contributed by atoms with van der Waals surface area (Å²) in [6, 6.07) is 0.267. The molecule has 19 heavy (non-hydrogen) atoms. The van der Waals surface area contributed by atoms with Crippen molar-refractivity contribution in [2.75, 3.05) is 0 Å². The molecule has 5 heteroatoms. The number of carbonyl (C=O) groups excluding carboxylic acids is 1. The van der Waals surface area contributed by atoms with Gasteiger partial charge in [0.1, 0.15) is 5.82 Å². The molecule has 1 saturated carbocycles. The van der Waals surface area contributed by atoms with E-state index in [2.05, 4.69) is 34.3 Å². The molecule has 0 bridgehead atoms. The number of nitrogens with one attached hydrogen (secondary N) is 2. The molecule has 1 fully saturated rings. The first kappa shape index (κ1) is 14.0. The van der Waals surface area contributed by atoms with Gasteiger partial charge in [-0.05, 0) is 25.2 Å². The fourth-order valence-electron chi connectivity index (χ4n) is 2.69. The fraction of sp³-hybridized carbons (Fsp3) is 0.786. The van der Waals surface area contributed by atoms with Crippen molar-refractivity contribution in [1.82, 2.24) is 20.5 Å². The van der Waals surface area contributed by atoms with Gasteiger partial charge in [0.2, 0.25) is 5.82 Å². The van der Waals surface area contributed by atoms with Gasteiger partial charge in [0.05, 0.1) is 0 Å². The second kappa shape index (κ2) is 6.68. The molecule has 0 saturated heterocycles. The number of hydrogen-bond acceptors (Lipinski definition) is 3. The number of H-pyrrole nitrogens is 1. The molecule has 0 aromatic carbocycles. The average Bonchev–Trinajstić information content (AvgIpc) is 2.77. The SMILES string of the molecule is CCCc1nc(C(=O)NC2CCCCCC2C)n[nH]1. The van der Waals surface area contributed by atoms with Crippen molar-refractivity contribution in [1.29, 1.82) is 0 Å². The molecule has 2 unspecified atom stereocenters. The number of hydrogen-bond donors (Lipinski definition) is 2. The number of aromatic amines is 1. The molecule has 0 aliphatic heterocycles. The van der Waals surface area contributed by atoms with E-state index in [0.29, 0.717) is 5.92 Å². The maximum atomic E-state index is 12.1. The van der Waals surface area contributed by atoms with Crippen molar-refractivity contribution < 1.29 is 4.79 Å². The van der Waals surface area contributed by atoms with Gasteiger partial charge in [0.25, 0.3) is 5.91 Å². The molecule has 106 valence electrons. The van der Waals surface area contributed by atoms with E-state index >= 15 is 0 Å². The van der Waals surface area contributed by atoms with Crippen molar-refractivity contribution in [3.05, 3.63) is 11.6 Å². The lowest BCUT2D eigenvalue weighted by molar-refractivity contribution is 0.0911. The quantitative estimate of drug-likeness (QED) is 0.821. The van der Waals surface area contributed by atoms with E-state index in [0.717, 1.165) is 25.1 Å². The Bertz CT molecular complexity index is 415. The van der Waals surface area contributed by atoms with Crippen molar-refractivity contribution in [2.24, 2.45) is 5.92 Å². The maximum absolute atomic E-state index is 12.1. The Kier molecular flexibility index (Phi) is 4.93. The van der Waals surface area contributed by atoms with Gasteiger partial charge < -0.3 is 5.32 Å². The number of aromatic nitrogens is 3. The standard InChI is InChI=1S/C14H24N4O/c1-3-7-12-16-13(18-17-12)14(19)15-11-9-6-4-5-8-10(11)2/h10-11H,3-9H2,1-2H3,(H,15,19)(H,16,17,18). The molecule has 5 nitrogen and oxygen atoms in total. The van der Waals surface area contributed by atoms with Crippen LogP contribution in [0.25, 0.3) is 0 Å². The van der Waals surface area contributed by atoms with E-state index in [1.807, 2.05) is 0 Å². The van der Waals surface area contributed by atoms with Gasteiger partial charge in [0, 0.05) is 12.5 Å². The van der Waals surface area contributed by atoms with Gasteiger partial charge in [-0.1, -0.05) is 33.1 Å². The first-order chi connectivity index (χ1) is 9.20. The first-order valence-electron chi connectivity index (χ1n) is 7.43. The third-order valence-corrected chi connectivity index (χ3v) is 3.90. The molecule has 2 N–H and O–H groups in total. The van der Waals surface area contributed by atoms with Gasteiger partial charge in [0.15, 0.2) is 0 Å². The molecule has 1 aromatic rings. The summed E-state index contributed by atoms with van der Waals surface area (Å²) in [5, 5.41) is 9.92. The molecule has 2 rings (SSSR count). The summed E-state index contributed by atoms with van der Waals surface area (Å²) < 4.78 is 0. The van der Waals surface area contributed by atoms with E-state index < -0.39 is 0 Å². The second-order valence-corrected chi connectivity index (χ2v) is 5.55. The van der Waals surface area contributed by atoms with E-state index in [4.69, 9.17) is 0 Å². The van der Waals surface area contributed by atoms with E-state index in [-0.39, 0.29) is 17.8 Å². The molecule has 0 spiro atoms. The lowest BCUT2D eigenvalue weighted by atomic mass is 9.97. The van der Waals surface area contributed by atoms with Gasteiger partial charge in [-0.15, -0.1) is 5.10 Å². The first-order valence-corrected chi connectivity index (χ1v) is 7.43. The van der Waals surface area contributed by atoms with E-state index in [1.54, 1.807) is 0 Å². The Hall–Kier alpha value is -1.39. The van der Waals surface area contributed by atoms with Crippen LogP contribution in [0.5, 0.6) is 0 Å². The summed E-state index contributed by atoms with van der Waals surface area (Å²) in [4.78, 5) is 16.4. The van der Waals surface area contributed by atoms with E-state index in [9.17, 15) is 4.79 Å². The number of carbonyl (C=O) groups is 1. The number of amides is 1. The van der Waals surface area contributed by atoms with Gasteiger partial charge in [-0.3, -0.25) is 9.89 Å². The second-order valence-electron chi connectivity index (χ2n) is 5.55. The smallest absolute Gasteiger partial charge is 0.291 e. The van der Waals surface area contributed by atoms with Gasteiger partial charge in [-0.2, -0.15) is 0 Å². The Morgan fingerprint density at radius 3 is 2.95 bits per heavy atom. The summed E-state index contributed by atoms with van der Waals surface area (Å²) in [6.07, 6.45) is 7.84. The summed E-state index contributed by atoms with van der Waals surface area (Å²) in [5.74, 6) is 1.47. The highest BCUT2D eigenvalue weighted by atomic mass is 16.2. The Morgan fingerprint density at radius 1 is 1.37 bits per heavy atom. The third-order valence-electron chi connectivity index (χ3n) is 3.90. The maximum Gasteiger partial charge on any atom is 0.291 e. The third kappa shape index (κ3) is 3.78. The summed E-state index contributed by atoms with van der Waals surface area (Å²) >= 11 is 0. The minimum Gasteiger partial charge on any atom is -0.346 e. The Labute approximate surface area is 114 Å². The highest BCUT2D eigenvalue weighted by Crippen LogP contribution is 2.23. The Balaban J connectivity index is 1.94. The minimum atomic E-state index is -0.141. The van der Waals surface area contributed by atoms with Crippen molar-refractivity contribution in [2.45, 2.75) is 64.8 Å². The van der Waals surface area contributed by atoms with Gasteiger partial charge >= 0.3 is 0 Å². The molecule has 1 aromatic heterocycles. The predicted molar refractivity (Wildman–Crippen MR) is 73.9 cm³/mol. The van der Waals surface area contributed by atoms with Crippen LogP contribution < -0.4 is 5.32 Å². The fourth-order valence-corrected chi connectivity index (χ4v) is 2.69. The monoisotopic (exact) mass is 264 g/mol. The lowest BCUT2D eigenvalue weighted by Gasteiger charge is -2.21. The zero-order valence-electron chi connectivity index (χ0n) is 11.9. The minimum absolute atomic E-state index is 0.141. The van der Waals surface area contributed by atoms with Crippen LogP contribution in [0.4, 0.5) is 0 Å². The van der Waals surface area contributed by atoms with Crippen LogP contribution in [0.3, 0.4) is 0 Å². The van der Waals surface area contributed by atoms with Crippen LogP contribution in [0.15, 0.2) is 0 Å². The molecule has 1 heterocycles. The summed E-state index contributed by atoms with van der Waals surface area (Å²) in [7, 11) is 0. The topological polar surface area (TPSA) is 70.7 Å². The largest absolute Gasteiger partial charge is 0.346 e. The molecule has 1 aliphatic carbocycles. The zero-order chi connectivity index (χ0) is 13.7. The molecule has 1 amide bonds.